The molecule has 0 atom stereocenters. The van der Waals surface area contributed by atoms with Gasteiger partial charge in [0.05, 0.1) is 4.90 Å². The summed E-state index contributed by atoms with van der Waals surface area (Å²) in [7, 11) is -3.27. The first-order valence-corrected chi connectivity index (χ1v) is 7.13. The summed E-state index contributed by atoms with van der Waals surface area (Å²) >= 11 is 0. The van der Waals surface area contributed by atoms with Crippen LogP contribution in [0.4, 0.5) is 0 Å². The third-order valence-corrected chi connectivity index (χ3v) is 3.75. The Morgan fingerprint density at radius 2 is 1.74 bits per heavy atom. The lowest BCUT2D eigenvalue weighted by atomic mass is 10.0. The van der Waals surface area contributed by atoms with E-state index < -0.39 is 15.5 Å². The lowest BCUT2D eigenvalue weighted by molar-refractivity contribution is 0.314. The van der Waals surface area contributed by atoms with Crippen LogP contribution in [0, 0.1) is 0 Å². The second kappa shape index (κ2) is 4.50. The largest absolute Gasteiger partial charge is 0.410 e. The van der Waals surface area contributed by atoms with E-state index in [0.717, 1.165) is 6.26 Å². The first-order chi connectivity index (χ1) is 8.87. The second-order valence-electron chi connectivity index (χ2n) is 4.14. The Balaban J connectivity index is 2.42. The lowest BCUT2D eigenvalue weighted by Gasteiger charge is -2.15. The fourth-order valence-corrected chi connectivity index (χ4v) is 2.25. The molecule has 2 rings (SSSR count). The average Bonchev–Trinajstić information content (AvgIpc) is 2.77. The molecule has 19 heavy (non-hydrogen) atoms. The summed E-state index contributed by atoms with van der Waals surface area (Å²) in [5, 5.41) is 26.6. The van der Waals surface area contributed by atoms with Crippen LogP contribution in [0.2, 0.25) is 0 Å². The predicted molar refractivity (Wildman–Crippen MR) is 66.0 cm³/mol. The van der Waals surface area contributed by atoms with E-state index in [1.165, 1.54) is 24.3 Å². The predicted octanol–water partition coefficient (Wildman–Crippen LogP) is 1.82. The Morgan fingerprint density at radius 3 is 2.16 bits per heavy atom. The molecule has 0 bridgehead atoms. The quantitative estimate of drug-likeness (QED) is 0.517. The van der Waals surface area contributed by atoms with Gasteiger partial charge in [0, 0.05) is 11.8 Å². The van der Waals surface area contributed by atoms with E-state index in [9.17, 15) is 8.42 Å². The Hall–Kier alpha value is -2.16. The van der Waals surface area contributed by atoms with E-state index in [4.69, 9.17) is 5.21 Å². The van der Waals surface area contributed by atoms with Crippen LogP contribution in [0.25, 0.3) is 0 Å². The van der Waals surface area contributed by atoms with Crippen LogP contribution in [0.1, 0.15) is 12.5 Å². The number of sulfone groups is 1. The third-order valence-electron chi connectivity index (χ3n) is 2.62. The maximum absolute atomic E-state index is 11.4. The Morgan fingerprint density at radius 1 is 1.21 bits per heavy atom. The highest BCUT2D eigenvalue weighted by molar-refractivity contribution is 7.90. The van der Waals surface area contributed by atoms with Gasteiger partial charge in [-0.3, -0.25) is 0 Å². The normalized spacial score (nSPS) is 17.9. The van der Waals surface area contributed by atoms with Gasteiger partial charge in [0.1, 0.15) is 5.71 Å². The van der Waals surface area contributed by atoms with Gasteiger partial charge in [-0.2, -0.15) is 0 Å². The molecule has 0 aromatic heterocycles. The molecule has 9 heteroatoms. The van der Waals surface area contributed by atoms with Crippen molar-refractivity contribution in [2.45, 2.75) is 17.5 Å². The fourth-order valence-electron chi connectivity index (χ4n) is 1.61. The molecule has 1 N–H and O–H groups in total. The minimum Gasteiger partial charge on any atom is -0.410 e. The van der Waals surface area contributed by atoms with Crippen molar-refractivity contribution in [3.8, 4) is 0 Å². The summed E-state index contributed by atoms with van der Waals surface area (Å²) in [6.45, 7) is 1.58. The molecule has 1 aromatic rings. The van der Waals surface area contributed by atoms with Crippen molar-refractivity contribution in [2.75, 3.05) is 6.26 Å². The molecule has 0 unspecified atom stereocenters. The highest BCUT2D eigenvalue weighted by atomic mass is 32.2. The van der Waals surface area contributed by atoms with Gasteiger partial charge in [-0.1, -0.05) is 17.3 Å². The maximum atomic E-state index is 11.4. The standard InChI is InChI=1S/C10H11N5O3S/c1-10(12-14-15-13-10)9(11-16)7-3-5-8(6-4-7)19(2,17)18/h3-6,16H,1-2H3. The van der Waals surface area contributed by atoms with Gasteiger partial charge in [-0.15, -0.1) is 10.2 Å². The molecule has 1 heterocycles. The van der Waals surface area contributed by atoms with Crippen LogP contribution >= 0.6 is 0 Å². The highest BCUT2D eigenvalue weighted by Gasteiger charge is 2.35. The topological polar surface area (TPSA) is 116 Å². The molecule has 1 aromatic carbocycles. The van der Waals surface area contributed by atoms with Crippen LogP contribution in [-0.4, -0.2) is 31.3 Å². The van der Waals surface area contributed by atoms with Gasteiger partial charge in [0.15, 0.2) is 9.84 Å². The van der Waals surface area contributed by atoms with Gasteiger partial charge in [0.2, 0.25) is 5.66 Å². The number of hydrogen-bond donors (Lipinski definition) is 1. The molecule has 0 amide bonds. The van der Waals surface area contributed by atoms with Crippen LogP contribution in [0.15, 0.2) is 55.0 Å². The summed E-state index contributed by atoms with van der Waals surface area (Å²) in [5.41, 5.74) is -0.573. The number of oxime groups is 1. The monoisotopic (exact) mass is 281 g/mol. The van der Waals surface area contributed by atoms with E-state index in [1.54, 1.807) is 6.92 Å². The Bertz CT molecular complexity index is 664. The maximum Gasteiger partial charge on any atom is 0.237 e. The number of rotatable bonds is 3. The van der Waals surface area contributed by atoms with Crippen molar-refractivity contribution < 1.29 is 13.6 Å². The first kappa shape index (κ1) is 13.3. The smallest absolute Gasteiger partial charge is 0.237 e. The molecule has 8 nitrogen and oxygen atoms in total. The van der Waals surface area contributed by atoms with Crippen LogP contribution in [0.5, 0.6) is 0 Å². The molecule has 0 radical (unpaired) electrons. The summed E-state index contributed by atoms with van der Waals surface area (Å²) in [6.07, 6.45) is 1.11. The van der Waals surface area contributed by atoms with E-state index in [2.05, 4.69) is 25.8 Å². The number of hydrogen-bond acceptors (Lipinski definition) is 8. The second-order valence-corrected chi connectivity index (χ2v) is 6.16. The van der Waals surface area contributed by atoms with Crippen molar-refractivity contribution >= 4 is 15.5 Å². The van der Waals surface area contributed by atoms with Crippen molar-refractivity contribution in [3.05, 3.63) is 29.8 Å². The molecule has 0 fully saturated rings. The molecule has 0 saturated heterocycles. The Kier molecular flexibility index (Phi) is 3.14. The van der Waals surface area contributed by atoms with Crippen molar-refractivity contribution in [1.29, 1.82) is 0 Å². The average molecular weight is 281 g/mol. The number of nitrogens with zero attached hydrogens (tertiary/aromatic N) is 5. The molecule has 0 spiro atoms. The third kappa shape index (κ3) is 2.50. The van der Waals surface area contributed by atoms with Crippen LogP contribution in [-0.2, 0) is 9.84 Å². The highest BCUT2D eigenvalue weighted by Crippen LogP contribution is 2.25. The molecule has 0 saturated carbocycles. The van der Waals surface area contributed by atoms with E-state index in [1.807, 2.05) is 0 Å². The molecule has 1 aliphatic heterocycles. The molecule has 0 aliphatic carbocycles. The Labute approximate surface area is 109 Å². The zero-order chi connectivity index (χ0) is 14.1. The number of benzene rings is 1. The van der Waals surface area contributed by atoms with Gasteiger partial charge in [-0.05, 0) is 29.5 Å². The SMILES string of the molecule is CC1(C(=NO)c2ccc(S(C)(=O)=O)cc2)N=NN=N1. The minimum atomic E-state index is -3.27. The molecule has 100 valence electrons. The van der Waals surface area contributed by atoms with Crippen LogP contribution in [0.3, 0.4) is 0 Å². The summed E-state index contributed by atoms with van der Waals surface area (Å²) in [4.78, 5) is 0.174. The molecular weight excluding hydrogens is 270 g/mol. The molecule has 1 aliphatic rings. The van der Waals surface area contributed by atoms with E-state index in [-0.39, 0.29) is 10.6 Å². The zero-order valence-electron chi connectivity index (χ0n) is 10.2. The van der Waals surface area contributed by atoms with Gasteiger partial charge in [0.25, 0.3) is 0 Å². The molecular formula is C10H11N5O3S. The minimum absolute atomic E-state index is 0.137. The van der Waals surface area contributed by atoms with Crippen molar-refractivity contribution in [1.82, 2.24) is 0 Å². The van der Waals surface area contributed by atoms with E-state index >= 15 is 0 Å². The van der Waals surface area contributed by atoms with Gasteiger partial charge < -0.3 is 5.21 Å². The van der Waals surface area contributed by atoms with Crippen molar-refractivity contribution in [3.63, 3.8) is 0 Å². The van der Waals surface area contributed by atoms with E-state index in [0.29, 0.717) is 5.56 Å². The lowest BCUT2D eigenvalue weighted by Crippen LogP contribution is -2.30. The summed E-state index contributed by atoms with van der Waals surface area (Å²) in [6, 6.07) is 5.87. The van der Waals surface area contributed by atoms with Gasteiger partial charge in [-0.25, -0.2) is 8.42 Å². The van der Waals surface area contributed by atoms with Gasteiger partial charge >= 0.3 is 0 Å². The first-order valence-electron chi connectivity index (χ1n) is 5.24. The summed E-state index contributed by atoms with van der Waals surface area (Å²) in [5.74, 6) is 0. The fraction of sp³-hybridized carbons (Fsp3) is 0.300. The zero-order valence-corrected chi connectivity index (χ0v) is 11.0. The van der Waals surface area contributed by atoms with Crippen molar-refractivity contribution in [2.24, 2.45) is 25.8 Å². The summed E-state index contributed by atoms with van der Waals surface area (Å²) < 4.78 is 22.7. The van der Waals surface area contributed by atoms with Crippen LogP contribution < -0.4 is 0 Å².